The second-order valence-electron chi connectivity index (χ2n) is 6.53. The first-order valence-corrected chi connectivity index (χ1v) is 10.3. The zero-order valence-electron chi connectivity index (χ0n) is 15.4. The molecule has 0 fully saturated rings. The van der Waals surface area contributed by atoms with E-state index in [1.807, 2.05) is 0 Å². The highest BCUT2D eigenvalue weighted by molar-refractivity contribution is 7.16. The van der Waals surface area contributed by atoms with Crippen LogP contribution >= 0.6 is 9.24 Å². The number of rotatable bonds is 14. The fourth-order valence-corrected chi connectivity index (χ4v) is 3.15. The molecular formula is C19H41O2P. The summed E-state index contributed by atoms with van der Waals surface area (Å²) in [5.74, 6) is 0.112. The molecule has 0 rings (SSSR count). The molecule has 0 aromatic heterocycles. The summed E-state index contributed by atoms with van der Waals surface area (Å²) in [5, 5.41) is 7.42. The summed E-state index contributed by atoms with van der Waals surface area (Å²) in [7, 11) is 2.85. The summed E-state index contributed by atoms with van der Waals surface area (Å²) in [5.41, 5.74) is 0. The smallest absolute Gasteiger partial charge is 0.300 e. The van der Waals surface area contributed by atoms with Crippen molar-refractivity contribution in [2.75, 3.05) is 6.16 Å². The minimum Gasteiger partial charge on any atom is -0.481 e. The lowest BCUT2D eigenvalue weighted by Crippen LogP contribution is -1.95. The second kappa shape index (κ2) is 20.9. The first-order valence-electron chi connectivity index (χ1n) is 9.44. The molecule has 0 aliphatic heterocycles. The van der Waals surface area contributed by atoms with E-state index in [0.29, 0.717) is 0 Å². The van der Waals surface area contributed by atoms with Crippen molar-refractivity contribution in [3.8, 4) is 0 Å². The van der Waals surface area contributed by atoms with E-state index in [4.69, 9.17) is 9.90 Å². The van der Waals surface area contributed by atoms with Gasteiger partial charge in [-0.2, -0.15) is 0 Å². The van der Waals surface area contributed by atoms with Crippen LogP contribution in [0.15, 0.2) is 0 Å². The number of hydrogen-bond donors (Lipinski definition) is 1. The molecule has 0 aliphatic rings. The van der Waals surface area contributed by atoms with Crippen LogP contribution < -0.4 is 0 Å². The third-order valence-electron chi connectivity index (χ3n) is 3.96. The lowest BCUT2D eigenvalue weighted by molar-refractivity contribution is -0.134. The van der Waals surface area contributed by atoms with Crippen LogP contribution in [0.5, 0.6) is 0 Å². The van der Waals surface area contributed by atoms with Gasteiger partial charge in [-0.3, -0.25) is 4.79 Å². The zero-order chi connectivity index (χ0) is 17.1. The molecule has 0 aromatic carbocycles. The Labute approximate surface area is 142 Å². The maximum absolute atomic E-state index is 9.00. The topological polar surface area (TPSA) is 37.3 Å². The molecule has 0 aliphatic carbocycles. The van der Waals surface area contributed by atoms with Crippen LogP contribution in [-0.2, 0) is 4.79 Å². The highest BCUT2D eigenvalue weighted by Gasteiger charge is 2.00. The molecule has 2 unspecified atom stereocenters. The molecule has 1 N–H and O–H groups in total. The molecule has 3 heteroatoms. The summed E-state index contributed by atoms with van der Waals surface area (Å²) in [6.07, 6.45) is 20.2. The number of carbonyl (C=O) groups is 1. The van der Waals surface area contributed by atoms with Crippen molar-refractivity contribution in [3.63, 3.8) is 0 Å². The van der Waals surface area contributed by atoms with Crippen molar-refractivity contribution in [3.05, 3.63) is 0 Å². The van der Waals surface area contributed by atoms with Gasteiger partial charge in [-0.15, -0.1) is 9.24 Å². The van der Waals surface area contributed by atoms with Gasteiger partial charge in [0.2, 0.25) is 0 Å². The molecule has 0 saturated heterocycles. The predicted octanol–water partition coefficient (Wildman–Crippen LogP) is 6.68. The van der Waals surface area contributed by atoms with E-state index >= 15 is 0 Å². The number of unbranched alkanes of at least 4 members (excludes halogenated alkanes) is 10. The van der Waals surface area contributed by atoms with Gasteiger partial charge in [0.15, 0.2) is 0 Å². The first-order chi connectivity index (χ1) is 10.5. The standard InChI is InChI=1S/C17H37P.C2H4O2/c1-3-4-5-6-7-8-9-10-11-12-13-14-17(2)15-16-18;1-2(3)4/h17H,3-16,18H2,1-2H3;1H3,(H,3,4). The van der Waals surface area contributed by atoms with Crippen molar-refractivity contribution in [1.82, 2.24) is 0 Å². The molecule has 0 saturated carbocycles. The Balaban J connectivity index is 0. The number of hydrogen-bond acceptors (Lipinski definition) is 1. The SMILES string of the molecule is CC(=O)O.CCCCCCCCCCCCCC(C)CCP. The monoisotopic (exact) mass is 332 g/mol. The van der Waals surface area contributed by atoms with E-state index in [0.717, 1.165) is 12.8 Å². The Morgan fingerprint density at radius 1 is 0.864 bits per heavy atom. The Morgan fingerprint density at radius 2 is 1.23 bits per heavy atom. The van der Waals surface area contributed by atoms with E-state index in [1.165, 1.54) is 89.6 Å². The van der Waals surface area contributed by atoms with Crippen molar-refractivity contribution >= 4 is 15.2 Å². The van der Waals surface area contributed by atoms with Crippen LogP contribution in [0, 0.1) is 5.92 Å². The third-order valence-corrected chi connectivity index (χ3v) is 4.29. The Hall–Kier alpha value is -0.100. The molecule has 0 amide bonds. The summed E-state index contributed by atoms with van der Waals surface area (Å²) in [6, 6.07) is 0. The normalized spacial score (nSPS) is 11.6. The van der Waals surface area contributed by atoms with Crippen molar-refractivity contribution in [2.45, 2.75) is 104 Å². The van der Waals surface area contributed by atoms with E-state index < -0.39 is 5.97 Å². The molecule has 0 radical (unpaired) electrons. The highest BCUT2D eigenvalue weighted by atomic mass is 31.0. The highest BCUT2D eigenvalue weighted by Crippen LogP contribution is 2.16. The molecule has 0 heterocycles. The number of carboxylic acid groups (broad SMARTS) is 1. The summed E-state index contributed by atoms with van der Waals surface area (Å²) in [6.45, 7) is 5.78. The van der Waals surface area contributed by atoms with Crippen molar-refractivity contribution < 1.29 is 9.90 Å². The lowest BCUT2D eigenvalue weighted by Gasteiger charge is -2.09. The van der Waals surface area contributed by atoms with Gasteiger partial charge in [-0.25, -0.2) is 0 Å². The summed E-state index contributed by atoms with van der Waals surface area (Å²) < 4.78 is 0. The van der Waals surface area contributed by atoms with E-state index in [1.54, 1.807) is 0 Å². The largest absolute Gasteiger partial charge is 0.481 e. The van der Waals surface area contributed by atoms with Crippen molar-refractivity contribution in [1.29, 1.82) is 0 Å². The van der Waals surface area contributed by atoms with Gasteiger partial charge in [0, 0.05) is 6.92 Å². The Bertz CT molecular complexity index is 215. The second-order valence-corrected chi connectivity index (χ2v) is 7.10. The van der Waals surface area contributed by atoms with Crippen LogP contribution in [0.2, 0.25) is 0 Å². The first kappa shape index (κ1) is 24.2. The zero-order valence-corrected chi connectivity index (χ0v) is 16.6. The molecule has 22 heavy (non-hydrogen) atoms. The maximum atomic E-state index is 9.00. The van der Waals surface area contributed by atoms with Crippen LogP contribution in [0.4, 0.5) is 0 Å². The molecular weight excluding hydrogens is 291 g/mol. The van der Waals surface area contributed by atoms with Gasteiger partial charge in [0.05, 0.1) is 0 Å². The minimum atomic E-state index is -0.833. The summed E-state index contributed by atoms with van der Waals surface area (Å²) in [4.78, 5) is 9.00. The Morgan fingerprint density at radius 3 is 1.59 bits per heavy atom. The number of aliphatic carboxylic acids is 1. The van der Waals surface area contributed by atoms with Gasteiger partial charge in [-0.1, -0.05) is 90.9 Å². The van der Waals surface area contributed by atoms with Crippen LogP contribution in [0.1, 0.15) is 104 Å². The quantitative estimate of drug-likeness (QED) is 0.284. The van der Waals surface area contributed by atoms with E-state index in [2.05, 4.69) is 23.1 Å². The fraction of sp³-hybridized carbons (Fsp3) is 0.947. The van der Waals surface area contributed by atoms with E-state index in [-0.39, 0.29) is 0 Å². The predicted molar refractivity (Wildman–Crippen MR) is 103 cm³/mol. The molecule has 0 aromatic rings. The van der Waals surface area contributed by atoms with Crippen molar-refractivity contribution in [2.24, 2.45) is 5.92 Å². The molecule has 2 atom stereocenters. The molecule has 2 nitrogen and oxygen atoms in total. The minimum absolute atomic E-state index is 0.833. The van der Waals surface area contributed by atoms with Gasteiger partial charge < -0.3 is 5.11 Å². The molecule has 134 valence electrons. The van der Waals surface area contributed by atoms with Gasteiger partial charge >= 0.3 is 0 Å². The average Bonchev–Trinajstić information content (AvgIpc) is 2.44. The van der Waals surface area contributed by atoms with Crippen LogP contribution in [0.25, 0.3) is 0 Å². The Kier molecular flexibility index (Phi) is 22.9. The van der Waals surface area contributed by atoms with Crippen LogP contribution in [-0.4, -0.2) is 17.2 Å². The lowest BCUT2D eigenvalue weighted by atomic mass is 9.99. The van der Waals surface area contributed by atoms with E-state index in [9.17, 15) is 0 Å². The fourth-order valence-electron chi connectivity index (χ4n) is 2.59. The third kappa shape index (κ3) is 28.1. The average molecular weight is 333 g/mol. The van der Waals surface area contributed by atoms with Gasteiger partial charge in [0.25, 0.3) is 5.97 Å². The van der Waals surface area contributed by atoms with Gasteiger partial charge in [0.1, 0.15) is 0 Å². The number of carboxylic acids is 1. The summed E-state index contributed by atoms with van der Waals surface area (Å²) >= 11 is 0. The maximum Gasteiger partial charge on any atom is 0.300 e. The molecule has 0 bridgehead atoms. The molecule has 0 spiro atoms. The van der Waals surface area contributed by atoms with Gasteiger partial charge in [-0.05, 0) is 18.5 Å². The van der Waals surface area contributed by atoms with Crippen LogP contribution in [0.3, 0.4) is 0 Å².